The Balaban J connectivity index is 1.60. The lowest BCUT2D eigenvalue weighted by atomic mass is 10.2. The summed E-state index contributed by atoms with van der Waals surface area (Å²) in [5, 5.41) is 2.83. The van der Waals surface area contributed by atoms with Gasteiger partial charge in [-0.2, -0.15) is 0 Å². The Morgan fingerprint density at radius 3 is 2.81 bits per heavy atom. The highest BCUT2D eigenvalue weighted by molar-refractivity contribution is 7.09. The van der Waals surface area contributed by atoms with Crippen LogP contribution in [0.2, 0.25) is 0 Å². The Hall–Kier alpha value is -2.74. The van der Waals surface area contributed by atoms with Crippen LogP contribution in [0.25, 0.3) is 0 Å². The van der Waals surface area contributed by atoms with Gasteiger partial charge in [-0.25, -0.2) is 9.78 Å². The van der Waals surface area contributed by atoms with Crippen LogP contribution in [-0.2, 0) is 20.9 Å². The third-order valence-electron chi connectivity index (χ3n) is 3.85. The maximum Gasteiger partial charge on any atom is 0.342 e. The van der Waals surface area contributed by atoms with Crippen molar-refractivity contribution in [2.75, 3.05) is 13.2 Å². The molecule has 1 aromatic carbocycles. The molecule has 0 saturated carbocycles. The highest BCUT2D eigenvalue weighted by atomic mass is 32.1. The van der Waals surface area contributed by atoms with Crippen LogP contribution in [0.3, 0.4) is 0 Å². The number of para-hydroxylation sites is 1. The molecule has 1 aromatic heterocycles. The molecule has 136 valence electrons. The number of imide groups is 1. The van der Waals surface area contributed by atoms with Crippen LogP contribution in [0.5, 0.6) is 5.75 Å². The van der Waals surface area contributed by atoms with Crippen LogP contribution in [0, 0.1) is 6.92 Å². The van der Waals surface area contributed by atoms with Crippen molar-refractivity contribution in [2.24, 2.45) is 0 Å². The Bertz CT molecular complexity index is 832. The predicted octanol–water partition coefficient (Wildman–Crippen LogP) is 2.34. The highest BCUT2D eigenvalue weighted by Gasteiger charge is 2.27. The average molecular weight is 374 g/mol. The van der Waals surface area contributed by atoms with Crippen molar-refractivity contribution >= 4 is 29.1 Å². The second kappa shape index (κ2) is 8.09. The zero-order chi connectivity index (χ0) is 18.5. The first-order chi connectivity index (χ1) is 12.5. The fourth-order valence-electron chi connectivity index (χ4n) is 2.58. The van der Waals surface area contributed by atoms with Crippen LogP contribution in [-0.4, -0.2) is 40.8 Å². The second-order valence-corrected chi connectivity index (χ2v) is 6.82. The van der Waals surface area contributed by atoms with Gasteiger partial charge < -0.3 is 9.47 Å². The van der Waals surface area contributed by atoms with Gasteiger partial charge in [0.15, 0.2) is 6.61 Å². The van der Waals surface area contributed by atoms with Crippen molar-refractivity contribution in [3.05, 3.63) is 45.9 Å². The molecule has 2 amide bonds. The standard InChI is InChI=1S/C18H18N2O5S/c1-12-19-13(11-26-12)9-24-15-6-3-2-5-14(15)18(23)25-10-17(22)20-8-4-7-16(20)21/h2-3,5-6,11H,4,7-10H2,1H3. The van der Waals surface area contributed by atoms with Crippen molar-refractivity contribution in [3.63, 3.8) is 0 Å². The molecule has 0 aliphatic carbocycles. The largest absolute Gasteiger partial charge is 0.486 e. The summed E-state index contributed by atoms with van der Waals surface area (Å²) in [7, 11) is 0. The Morgan fingerprint density at radius 2 is 2.12 bits per heavy atom. The number of hydrogen-bond donors (Lipinski definition) is 0. The number of carbonyl (C=O) groups is 3. The Kier molecular flexibility index (Phi) is 5.62. The first kappa shape index (κ1) is 18.1. The lowest BCUT2D eigenvalue weighted by molar-refractivity contribution is -0.143. The number of thiazole rings is 1. The van der Waals surface area contributed by atoms with Crippen LogP contribution >= 0.6 is 11.3 Å². The monoisotopic (exact) mass is 374 g/mol. The van der Waals surface area contributed by atoms with Crippen LogP contribution in [0.4, 0.5) is 0 Å². The van der Waals surface area contributed by atoms with Crippen LogP contribution < -0.4 is 4.74 Å². The van der Waals surface area contributed by atoms with E-state index in [2.05, 4.69) is 4.98 Å². The number of aromatic nitrogens is 1. The second-order valence-electron chi connectivity index (χ2n) is 5.76. The number of nitrogens with zero attached hydrogens (tertiary/aromatic N) is 2. The number of aryl methyl sites for hydroxylation is 1. The van der Waals surface area contributed by atoms with E-state index in [0.717, 1.165) is 15.6 Å². The lowest BCUT2D eigenvalue weighted by Crippen LogP contribution is -2.35. The molecule has 3 rings (SSSR count). The fourth-order valence-corrected chi connectivity index (χ4v) is 3.18. The summed E-state index contributed by atoms with van der Waals surface area (Å²) in [6, 6.07) is 6.64. The third kappa shape index (κ3) is 4.26. The number of carbonyl (C=O) groups excluding carboxylic acids is 3. The van der Waals surface area contributed by atoms with Crippen molar-refractivity contribution < 1.29 is 23.9 Å². The van der Waals surface area contributed by atoms with Gasteiger partial charge in [0.05, 0.1) is 10.7 Å². The molecular weight excluding hydrogens is 356 g/mol. The minimum Gasteiger partial charge on any atom is -0.486 e. The van der Waals surface area contributed by atoms with Gasteiger partial charge in [0.25, 0.3) is 5.91 Å². The first-order valence-electron chi connectivity index (χ1n) is 8.18. The summed E-state index contributed by atoms with van der Waals surface area (Å²) in [4.78, 5) is 41.3. The minimum absolute atomic E-state index is 0.222. The van der Waals surface area contributed by atoms with Gasteiger partial charge in [0.1, 0.15) is 17.9 Å². The average Bonchev–Trinajstić information content (AvgIpc) is 3.26. The molecule has 26 heavy (non-hydrogen) atoms. The minimum atomic E-state index is -0.671. The molecule has 2 aromatic rings. The van der Waals surface area contributed by atoms with E-state index >= 15 is 0 Å². The topological polar surface area (TPSA) is 85.8 Å². The van der Waals surface area contributed by atoms with Gasteiger partial charge >= 0.3 is 5.97 Å². The van der Waals surface area contributed by atoms with E-state index in [0.29, 0.717) is 25.1 Å². The number of likely N-dealkylation sites (tertiary alicyclic amines) is 1. The summed E-state index contributed by atoms with van der Waals surface area (Å²) in [6.45, 7) is 2.05. The van der Waals surface area contributed by atoms with E-state index in [1.165, 1.54) is 11.3 Å². The van der Waals surface area contributed by atoms with Gasteiger partial charge in [0.2, 0.25) is 5.91 Å². The number of ether oxygens (including phenoxy) is 2. The summed E-state index contributed by atoms with van der Waals surface area (Å²) in [5.41, 5.74) is 0.999. The van der Waals surface area contributed by atoms with Gasteiger partial charge in [-0.15, -0.1) is 11.3 Å². The number of hydrogen-bond acceptors (Lipinski definition) is 7. The highest BCUT2D eigenvalue weighted by Crippen LogP contribution is 2.21. The third-order valence-corrected chi connectivity index (χ3v) is 4.67. The molecule has 1 fully saturated rings. The maximum absolute atomic E-state index is 12.3. The fraction of sp³-hybridized carbons (Fsp3) is 0.333. The normalized spacial score (nSPS) is 13.7. The molecule has 1 saturated heterocycles. The Labute approximate surface area is 154 Å². The predicted molar refractivity (Wildman–Crippen MR) is 93.9 cm³/mol. The van der Waals surface area contributed by atoms with E-state index < -0.39 is 18.5 Å². The number of amides is 2. The van der Waals surface area contributed by atoms with Crippen LogP contribution in [0.15, 0.2) is 29.6 Å². The van der Waals surface area contributed by atoms with E-state index in [1.54, 1.807) is 24.3 Å². The molecule has 0 radical (unpaired) electrons. The summed E-state index contributed by atoms with van der Waals surface area (Å²) >= 11 is 1.52. The molecule has 0 bridgehead atoms. The number of rotatable bonds is 6. The maximum atomic E-state index is 12.3. The molecule has 7 nitrogen and oxygen atoms in total. The van der Waals surface area contributed by atoms with Crippen LogP contribution in [0.1, 0.15) is 33.9 Å². The smallest absolute Gasteiger partial charge is 0.342 e. The van der Waals surface area contributed by atoms with Gasteiger partial charge in [-0.1, -0.05) is 12.1 Å². The van der Waals surface area contributed by atoms with E-state index in [1.807, 2.05) is 12.3 Å². The quantitative estimate of drug-likeness (QED) is 0.722. The molecular formula is C18H18N2O5S. The van der Waals surface area contributed by atoms with Crippen molar-refractivity contribution in [3.8, 4) is 5.75 Å². The molecule has 0 unspecified atom stereocenters. The molecule has 0 spiro atoms. The van der Waals surface area contributed by atoms with Crippen molar-refractivity contribution in [1.82, 2.24) is 9.88 Å². The Morgan fingerprint density at radius 1 is 1.31 bits per heavy atom. The zero-order valence-corrected chi connectivity index (χ0v) is 15.1. The van der Waals surface area contributed by atoms with Gasteiger partial charge in [-0.05, 0) is 25.5 Å². The number of esters is 1. The van der Waals surface area contributed by atoms with Crippen molar-refractivity contribution in [1.29, 1.82) is 0 Å². The van der Waals surface area contributed by atoms with E-state index in [-0.39, 0.29) is 18.1 Å². The summed E-state index contributed by atoms with van der Waals surface area (Å²) in [6.07, 6.45) is 0.998. The molecule has 1 aliphatic heterocycles. The SMILES string of the molecule is Cc1nc(COc2ccccc2C(=O)OCC(=O)N2CCCC2=O)cs1. The lowest BCUT2D eigenvalue weighted by Gasteiger charge is -2.14. The van der Waals surface area contributed by atoms with Gasteiger partial charge in [0, 0.05) is 18.3 Å². The summed E-state index contributed by atoms with van der Waals surface area (Å²) < 4.78 is 10.7. The molecule has 8 heteroatoms. The zero-order valence-electron chi connectivity index (χ0n) is 14.3. The first-order valence-corrected chi connectivity index (χ1v) is 9.05. The molecule has 0 N–H and O–H groups in total. The van der Waals surface area contributed by atoms with Crippen molar-refractivity contribution in [2.45, 2.75) is 26.4 Å². The summed E-state index contributed by atoms with van der Waals surface area (Å²) in [5.74, 6) is -1.05. The van der Waals surface area contributed by atoms with E-state index in [4.69, 9.17) is 9.47 Å². The number of benzene rings is 1. The molecule has 0 atom stereocenters. The van der Waals surface area contributed by atoms with E-state index in [9.17, 15) is 14.4 Å². The molecule has 2 heterocycles. The molecule has 1 aliphatic rings. The van der Waals surface area contributed by atoms with Gasteiger partial charge in [-0.3, -0.25) is 14.5 Å².